The number of halogens is 1. The van der Waals surface area contributed by atoms with Crippen LogP contribution >= 0.6 is 11.6 Å². The van der Waals surface area contributed by atoms with Crippen LogP contribution in [0.4, 0.5) is 0 Å². The predicted octanol–water partition coefficient (Wildman–Crippen LogP) is 2.91. The van der Waals surface area contributed by atoms with Gasteiger partial charge in [0.15, 0.2) is 5.70 Å². The zero-order chi connectivity index (χ0) is 13.1. The Labute approximate surface area is 110 Å². The molecule has 1 aliphatic rings. The number of nitrogens with zero attached hydrogens (tertiary/aromatic N) is 1. The summed E-state index contributed by atoms with van der Waals surface area (Å²) in [4.78, 5) is 15.8. The molecule has 18 heavy (non-hydrogen) atoms. The van der Waals surface area contributed by atoms with Crippen LogP contribution in [0.1, 0.15) is 19.4 Å². The molecule has 0 aliphatic carbocycles. The van der Waals surface area contributed by atoms with Gasteiger partial charge in [-0.15, -0.1) is 0 Å². The van der Waals surface area contributed by atoms with Gasteiger partial charge in [-0.1, -0.05) is 11.6 Å². The normalized spacial score (nSPS) is 17.3. The number of aliphatic imine (C=N–C) groups is 1. The third kappa shape index (κ3) is 2.54. The third-order valence-corrected chi connectivity index (χ3v) is 2.63. The van der Waals surface area contributed by atoms with E-state index in [1.807, 2.05) is 6.92 Å². The number of allylic oxidation sites excluding steroid dienone is 1. The molecule has 0 N–H and O–H groups in total. The molecule has 2 rings (SSSR count). The quantitative estimate of drug-likeness (QED) is 0.480. The van der Waals surface area contributed by atoms with Crippen molar-refractivity contribution in [3.8, 4) is 0 Å². The Kier molecular flexibility index (Phi) is 3.67. The lowest BCUT2D eigenvalue weighted by Crippen LogP contribution is -2.06. The SMILES string of the molecule is CCOC(C)=C1N=C(c2ccc(Cl)cc2)OC1=O. The molecule has 1 aromatic rings. The van der Waals surface area contributed by atoms with Gasteiger partial charge in [0.1, 0.15) is 5.76 Å². The molecule has 0 saturated carbocycles. The summed E-state index contributed by atoms with van der Waals surface area (Å²) in [6.07, 6.45) is 0. The molecule has 0 fully saturated rings. The van der Waals surface area contributed by atoms with Crippen LogP contribution < -0.4 is 0 Å². The van der Waals surface area contributed by atoms with Gasteiger partial charge in [0.2, 0.25) is 5.90 Å². The fraction of sp³-hybridized carbons (Fsp3) is 0.231. The van der Waals surface area contributed by atoms with Gasteiger partial charge in [-0.25, -0.2) is 9.79 Å². The Balaban J connectivity index is 2.32. The molecule has 0 aromatic heterocycles. The van der Waals surface area contributed by atoms with Crippen LogP contribution in [-0.2, 0) is 14.3 Å². The first-order chi connectivity index (χ1) is 8.61. The molecule has 0 unspecified atom stereocenters. The summed E-state index contributed by atoms with van der Waals surface area (Å²) in [5.41, 5.74) is 0.911. The zero-order valence-corrected chi connectivity index (χ0v) is 10.8. The van der Waals surface area contributed by atoms with Gasteiger partial charge in [-0.2, -0.15) is 0 Å². The second-order valence-electron chi connectivity index (χ2n) is 3.65. The van der Waals surface area contributed by atoms with Crippen molar-refractivity contribution in [1.82, 2.24) is 0 Å². The van der Waals surface area contributed by atoms with Crippen molar-refractivity contribution in [1.29, 1.82) is 0 Å². The van der Waals surface area contributed by atoms with Crippen molar-refractivity contribution >= 4 is 23.5 Å². The smallest absolute Gasteiger partial charge is 0.367 e. The third-order valence-electron chi connectivity index (χ3n) is 2.38. The molecular formula is C13H12ClNO3. The highest BCUT2D eigenvalue weighted by Gasteiger charge is 2.26. The van der Waals surface area contributed by atoms with E-state index in [-0.39, 0.29) is 11.6 Å². The first kappa shape index (κ1) is 12.6. The van der Waals surface area contributed by atoms with E-state index in [2.05, 4.69) is 4.99 Å². The fourth-order valence-electron chi connectivity index (χ4n) is 1.53. The number of carbonyl (C=O) groups is 1. The minimum atomic E-state index is -0.495. The summed E-state index contributed by atoms with van der Waals surface area (Å²) in [5, 5.41) is 0.616. The van der Waals surface area contributed by atoms with Crippen LogP contribution in [0.15, 0.2) is 40.7 Å². The molecule has 94 valence electrons. The van der Waals surface area contributed by atoms with Crippen molar-refractivity contribution in [2.45, 2.75) is 13.8 Å². The minimum absolute atomic E-state index is 0.210. The largest absolute Gasteiger partial charge is 0.496 e. The summed E-state index contributed by atoms with van der Waals surface area (Å²) >= 11 is 5.79. The van der Waals surface area contributed by atoms with E-state index in [4.69, 9.17) is 21.1 Å². The topological polar surface area (TPSA) is 47.9 Å². The van der Waals surface area contributed by atoms with Crippen LogP contribution in [0.25, 0.3) is 0 Å². The second-order valence-corrected chi connectivity index (χ2v) is 4.09. The molecule has 1 aromatic carbocycles. The lowest BCUT2D eigenvalue weighted by atomic mass is 10.2. The van der Waals surface area contributed by atoms with Gasteiger partial charge in [0.25, 0.3) is 0 Å². The van der Waals surface area contributed by atoms with Crippen molar-refractivity contribution in [3.63, 3.8) is 0 Å². The average Bonchev–Trinajstić information content (AvgIpc) is 2.72. The number of carbonyl (C=O) groups excluding carboxylic acids is 1. The molecule has 0 atom stereocenters. The van der Waals surface area contributed by atoms with Gasteiger partial charge in [0, 0.05) is 10.6 Å². The molecular weight excluding hydrogens is 254 g/mol. The summed E-state index contributed by atoms with van der Waals surface area (Å²) in [6.45, 7) is 4.01. The maximum atomic E-state index is 11.6. The molecule has 4 nitrogen and oxygen atoms in total. The summed E-state index contributed by atoms with van der Waals surface area (Å²) < 4.78 is 10.3. The lowest BCUT2D eigenvalue weighted by molar-refractivity contribution is -0.130. The molecule has 0 amide bonds. The number of rotatable bonds is 3. The van der Waals surface area contributed by atoms with Crippen molar-refractivity contribution in [2.24, 2.45) is 4.99 Å². The van der Waals surface area contributed by atoms with E-state index in [1.54, 1.807) is 31.2 Å². The first-order valence-corrected chi connectivity index (χ1v) is 5.90. The van der Waals surface area contributed by atoms with Crippen molar-refractivity contribution in [3.05, 3.63) is 46.3 Å². The number of hydrogen-bond acceptors (Lipinski definition) is 4. The van der Waals surface area contributed by atoms with Gasteiger partial charge < -0.3 is 9.47 Å². The lowest BCUT2D eigenvalue weighted by Gasteiger charge is -2.01. The molecule has 1 heterocycles. The number of hydrogen-bond donors (Lipinski definition) is 0. The Morgan fingerprint density at radius 1 is 1.39 bits per heavy atom. The molecule has 0 bridgehead atoms. The Morgan fingerprint density at radius 3 is 2.67 bits per heavy atom. The Morgan fingerprint density at radius 2 is 2.06 bits per heavy atom. The predicted molar refractivity (Wildman–Crippen MR) is 68.4 cm³/mol. The first-order valence-electron chi connectivity index (χ1n) is 5.52. The number of benzene rings is 1. The average molecular weight is 266 g/mol. The molecule has 0 spiro atoms. The van der Waals surface area contributed by atoms with Gasteiger partial charge in [-0.3, -0.25) is 0 Å². The second kappa shape index (κ2) is 5.23. The van der Waals surface area contributed by atoms with Crippen LogP contribution in [0.2, 0.25) is 5.02 Å². The standard InChI is InChI=1S/C13H12ClNO3/c1-3-17-8(2)11-13(16)18-12(15-11)9-4-6-10(14)7-5-9/h4-7H,3H2,1-2H3. The summed E-state index contributed by atoms with van der Waals surface area (Å²) in [7, 11) is 0. The maximum absolute atomic E-state index is 11.6. The zero-order valence-electron chi connectivity index (χ0n) is 10.1. The van der Waals surface area contributed by atoms with E-state index < -0.39 is 5.97 Å². The molecule has 1 aliphatic heterocycles. The summed E-state index contributed by atoms with van der Waals surface area (Å²) in [6, 6.07) is 6.91. The molecule has 0 radical (unpaired) electrons. The van der Waals surface area contributed by atoms with Crippen LogP contribution in [-0.4, -0.2) is 18.5 Å². The minimum Gasteiger partial charge on any atom is -0.496 e. The Bertz CT molecular complexity index is 532. The van der Waals surface area contributed by atoms with Crippen LogP contribution in [0.3, 0.4) is 0 Å². The molecule has 5 heteroatoms. The monoisotopic (exact) mass is 265 g/mol. The van der Waals surface area contributed by atoms with Crippen molar-refractivity contribution < 1.29 is 14.3 Å². The van der Waals surface area contributed by atoms with Crippen LogP contribution in [0.5, 0.6) is 0 Å². The number of cyclic esters (lactones) is 1. The number of ether oxygens (including phenoxy) is 2. The van der Waals surface area contributed by atoms with Crippen LogP contribution in [0, 0.1) is 0 Å². The maximum Gasteiger partial charge on any atom is 0.367 e. The van der Waals surface area contributed by atoms with E-state index in [0.717, 1.165) is 0 Å². The van der Waals surface area contributed by atoms with Gasteiger partial charge in [-0.05, 0) is 38.1 Å². The van der Waals surface area contributed by atoms with Crippen molar-refractivity contribution in [2.75, 3.05) is 6.61 Å². The number of esters is 1. The summed E-state index contributed by atoms with van der Waals surface area (Å²) in [5.74, 6) is 0.239. The van der Waals surface area contributed by atoms with Gasteiger partial charge in [0.05, 0.1) is 6.61 Å². The fourth-order valence-corrected chi connectivity index (χ4v) is 1.66. The van der Waals surface area contributed by atoms with Gasteiger partial charge >= 0.3 is 5.97 Å². The highest BCUT2D eigenvalue weighted by Crippen LogP contribution is 2.20. The highest BCUT2D eigenvalue weighted by atomic mass is 35.5. The Hall–Kier alpha value is -1.81. The van der Waals surface area contributed by atoms with E-state index in [9.17, 15) is 4.79 Å². The highest BCUT2D eigenvalue weighted by molar-refractivity contribution is 6.30. The van der Waals surface area contributed by atoms with E-state index in [0.29, 0.717) is 23.0 Å². The molecule has 0 saturated heterocycles. The van der Waals surface area contributed by atoms with E-state index >= 15 is 0 Å². The van der Waals surface area contributed by atoms with E-state index in [1.165, 1.54) is 0 Å².